The molecule has 7 heteroatoms. The van der Waals surface area contributed by atoms with Crippen molar-refractivity contribution >= 4 is 21.2 Å². The van der Waals surface area contributed by atoms with Crippen LogP contribution in [-0.2, 0) is 14.4 Å². The molecule has 0 radical (unpaired) electrons. The molecule has 0 spiro atoms. The monoisotopic (exact) mass is 253 g/mol. The molecule has 2 aromatic heterocycles. The molecule has 0 aliphatic rings. The highest BCUT2D eigenvalue weighted by Crippen LogP contribution is 2.15. The van der Waals surface area contributed by atoms with Crippen LogP contribution >= 0.6 is 0 Å². The van der Waals surface area contributed by atoms with Crippen molar-refractivity contribution in [2.75, 3.05) is 14.1 Å². The molecule has 0 unspecified atom stereocenters. The van der Waals surface area contributed by atoms with Gasteiger partial charge in [0.25, 0.3) is 0 Å². The molecule has 2 aromatic rings. The first-order chi connectivity index (χ1) is 7.99. The zero-order chi connectivity index (χ0) is 12.5. The van der Waals surface area contributed by atoms with Crippen LogP contribution in [0.3, 0.4) is 0 Å². The molecule has 0 aliphatic heterocycles. The quantitative estimate of drug-likeness (QED) is 0.754. The Hall–Kier alpha value is -1.57. The average molecular weight is 253 g/mol. The maximum Gasteiger partial charge on any atom is 0.330 e. The van der Waals surface area contributed by atoms with E-state index in [1.54, 1.807) is 24.4 Å². The maximum atomic E-state index is 11.7. The molecule has 0 aromatic carbocycles. The minimum Gasteiger partial charge on any atom is -0.237 e. The highest BCUT2D eigenvalue weighted by Gasteiger charge is 2.19. The molecule has 2 rings (SSSR count). The van der Waals surface area contributed by atoms with Gasteiger partial charge in [-0.15, -0.1) is 0 Å². The van der Waals surface area contributed by atoms with Gasteiger partial charge >= 0.3 is 10.1 Å². The minimum atomic E-state index is -3.88. The lowest BCUT2D eigenvalue weighted by molar-refractivity contribution is 0.00477. The first-order valence-electron chi connectivity index (χ1n) is 4.83. The van der Waals surface area contributed by atoms with Gasteiger partial charge in [0.05, 0.1) is 0 Å². The summed E-state index contributed by atoms with van der Waals surface area (Å²) in [4.78, 5) is 7.94. The van der Waals surface area contributed by atoms with Crippen LogP contribution in [0.1, 0.15) is 0 Å². The van der Waals surface area contributed by atoms with E-state index in [9.17, 15) is 8.42 Å². The highest BCUT2D eigenvalue weighted by molar-refractivity contribution is 7.86. The third kappa shape index (κ3) is 2.57. The molecule has 6 nitrogen and oxygen atoms in total. The van der Waals surface area contributed by atoms with Gasteiger partial charge in [-0.1, -0.05) is 0 Å². The van der Waals surface area contributed by atoms with E-state index < -0.39 is 10.1 Å². The summed E-state index contributed by atoms with van der Waals surface area (Å²) >= 11 is 0. The van der Waals surface area contributed by atoms with Crippen LogP contribution in [0.4, 0.5) is 0 Å². The fourth-order valence-corrected chi connectivity index (χ4v) is 2.21. The first-order valence-corrected chi connectivity index (χ1v) is 6.23. The molecule has 0 aliphatic carbocycles. The lowest BCUT2D eigenvalue weighted by Gasteiger charge is -2.09. The van der Waals surface area contributed by atoms with E-state index in [4.69, 9.17) is 0 Å². The van der Waals surface area contributed by atoms with E-state index in [0.29, 0.717) is 5.65 Å². The summed E-state index contributed by atoms with van der Waals surface area (Å²) in [6, 6.07) is 6.59. The molecule has 0 saturated heterocycles. The van der Waals surface area contributed by atoms with Crippen molar-refractivity contribution in [3.8, 4) is 0 Å². The number of rotatable bonds is 3. The van der Waals surface area contributed by atoms with Gasteiger partial charge in [-0.2, -0.15) is 17.8 Å². The maximum absolute atomic E-state index is 11.7. The van der Waals surface area contributed by atoms with Crippen molar-refractivity contribution < 1.29 is 12.7 Å². The molecule has 0 fully saturated rings. The number of nitrogens with zero attached hydrogens (tertiary/aromatic N) is 3. The van der Waals surface area contributed by atoms with Crippen LogP contribution in [0, 0.1) is 0 Å². The van der Waals surface area contributed by atoms with Crippen molar-refractivity contribution in [2.45, 2.75) is 5.03 Å². The summed E-state index contributed by atoms with van der Waals surface area (Å²) in [7, 11) is -0.910. The largest absolute Gasteiger partial charge is 0.330 e. The Morgan fingerprint density at radius 1 is 1.24 bits per heavy atom. The van der Waals surface area contributed by atoms with Crippen molar-refractivity contribution in [1.29, 1.82) is 0 Å². The van der Waals surface area contributed by atoms with Crippen LogP contribution in [0.2, 0.25) is 0 Å². The lowest BCUT2D eigenvalue weighted by atomic mass is 10.3. The summed E-state index contributed by atoms with van der Waals surface area (Å²) in [5.41, 5.74) is 0.371. The van der Waals surface area contributed by atoms with Gasteiger partial charge in [-0.25, -0.2) is 9.97 Å². The van der Waals surface area contributed by atoms with E-state index in [1.165, 1.54) is 20.2 Å². The van der Waals surface area contributed by atoms with Gasteiger partial charge in [0.2, 0.25) is 0 Å². The number of hydrogen-bond donors (Lipinski definition) is 0. The normalized spacial score (nSPS) is 12.2. The molecular weight excluding hydrogens is 242 g/mol. The number of pyridine rings is 2. The second-order valence-electron chi connectivity index (χ2n) is 3.54. The van der Waals surface area contributed by atoms with E-state index in [2.05, 4.69) is 14.3 Å². The Labute approximate surface area is 98.9 Å². The fraction of sp³-hybridized carbons (Fsp3) is 0.200. The Kier molecular flexibility index (Phi) is 3.05. The zero-order valence-corrected chi connectivity index (χ0v) is 10.2. The van der Waals surface area contributed by atoms with E-state index in [-0.39, 0.29) is 5.03 Å². The molecule has 0 saturated carbocycles. The fourth-order valence-electron chi connectivity index (χ4n) is 1.31. The number of hydroxylamine groups is 2. The Bertz CT molecular complexity index is 640. The van der Waals surface area contributed by atoms with Crippen LogP contribution < -0.4 is 0 Å². The van der Waals surface area contributed by atoms with Crippen LogP contribution in [0.25, 0.3) is 11.0 Å². The van der Waals surface area contributed by atoms with Crippen molar-refractivity contribution in [3.63, 3.8) is 0 Å². The minimum absolute atomic E-state index is 0.155. The van der Waals surface area contributed by atoms with Gasteiger partial charge in [0.1, 0.15) is 0 Å². The molecule has 0 amide bonds. The molecule has 0 atom stereocenters. The Morgan fingerprint density at radius 2 is 2.00 bits per heavy atom. The van der Waals surface area contributed by atoms with E-state index in [0.717, 1.165) is 10.4 Å². The third-order valence-electron chi connectivity index (χ3n) is 1.94. The molecule has 17 heavy (non-hydrogen) atoms. The molecule has 0 N–H and O–H groups in total. The zero-order valence-electron chi connectivity index (χ0n) is 9.36. The third-order valence-corrected chi connectivity index (χ3v) is 3.18. The lowest BCUT2D eigenvalue weighted by Crippen LogP contribution is -2.19. The van der Waals surface area contributed by atoms with Crippen LogP contribution in [0.15, 0.2) is 35.5 Å². The summed E-state index contributed by atoms with van der Waals surface area (Å²) < 4.78 is 28.2. The number of fused-ring (bicyclic) bond motifs is 1. The average Bonchev–Trinajstić information content (AvgIpc) is 2.26. The summed E-state index contributed by atoms with van der Waals surface area (Å²) in [5.74, 6) is 0. The van der Waals surface area contributed by atoms with Crippen LogP contribution in [0.5, 0.6) is 0 Å². The van der Waals surface area contributed by atoms with E-state index >= 15 is 0 Å². The predicted octanol–water partition coefficient (Wildman–Crippen LogP) is 0.812. The summed E-state index contributed by atoms with van der Waals surface area (Å²) in [5, 5.41) is 1.72. The molecule has 2 heterocycles. The van der Waals surface area contributed by atoms with Gasteiger partial charge in [-0.05, 0) is 24.3 Å². The molecular formula is C10H11N3O3S. The van der Waals surface area contributed by atoms with Gasteiger partial charge in [-0.3, -0.25) is 0 Å². The summed E-state index contributed by atoms with van der Waals surface area (Å²) in [6.07, 6.45) is 1.55. The number of hydrogen-bond acceptors (Lipinski definition) is 6. The predicted molar refractivity (Wildman–Crippen MR) is 61.5 cm³/mol. The van der Waals surface area contributed by atoms with Crippen molar-refractivity contribution in [2.24, 2.45) is 0 Å². The van der Waals surface area contributed by atoms with Gasteiger partial charge in [0, 0.05) is 25.7 Å². The van der Waals surface area contributed by atoms with E-state index in [1.807, 2.05) is 0 Å². The van der Waals surface area contributed by atoms with Gasteiger partial charge in [0.15, 0.2) is 10.7 Å². The smallest absolute Gasteiger partial charge is 0.237 e. The number of aromatic nitrogens is 2. The second-order valence-corrected chi connectivity index (χ2v) is 5.02. The standard InChI is InChI=1S/C10H11N3O3S/c1-13(2)16-17(14,15)9-6-5-8-4-3-7-11-10(8)12-9/h3-7H,1-2H3. The van der Waals surface area contributed by atoms with Crippen molar-refractivity contribution in [1.82, 2.24) is 15.0 Å². The Morgan fingerprint density at radius 3 is 2.71 bits per heavy atom. The summed E-state index contributed by atoms with van der Waals surface area (Å²) in [6.45, 7) is 0. The molecule has 90 valence electrons. The van der Waals surface area contributed by atoms with Crippen molar-refractivity contribution in [3.05, 3.63) is 30.5 Å². The van der Waals surface area contributed by atoms with Crippen LogP contribution in [-0.4, -0.2) is 37.5 Å². The second kappa shape index (κ2) is 4.36. The van der Waals surface area contributed by atoms with Gasteiger partial charge < -0.3 is 0 Å². The Balaban J connectivity index is 2.50. The first kappa shape index (κ1) is 11.9. The highest BCUT2D eigenvalue weighted by atomic mass is 32.2. The molecule has 0 bridgehead atoms. The SMILES string of the molecule is CN(C)OS(=O)(=O)c1ccc2cccnc2n1. The topological polar surface area (TPSA) is 72.4 Å².